The fourth-order valence-electron chi connectivity index (χ4n) is 2.32. The number of hydrogen-bond acceptors (Lipinski definition) is 4. The Hall–Kier alpha value is -1.29. The Bertz CT molecular complexity index is 366. The SMILES string of the molecule is CC1CC(=O)CCN1C(C)c1cncnc1. The van der Waals surface area contributed by atoms with E-state index in [1.54, 1.807) is 6.33 Å². The molecule has 86 valence electrons. The lowest BCUT2D eigenvalue weighted by molar-refractivity contribution is -0.123. The maximum Gasteiger partial charge on any atom is 0.135 e. The van der Waals surface area contributed by atoms with Crippen molar-refractivity contribution in [2.75, 3.05) is 6.54 Å². The predicted molar refractivity (Wildman–Crippen MR) is 60.9 cm³/mol. The number of nitrogens with zero attached hydrogens (tertiary/aromatic N) is 3. The summed E-state index contributed by atoms with van der Waals surface area (Å²) >= 11 is 0. The van der Waals surface area contributed by atoms with Crippen LogP contribution in [0.5, 0.6) is 0 Å². The number of aromatic nitrogens is 2. The van der Waals surface area contributed by atoms with Gasteiger partial charge in [0.15, 0.2) is 0 Å². The van der Waals surface area contributed by atoms with Crippen LogP contribution in [-0.2, 0) is 4.79 Å². The summed E-state index contributed by atoms with van der Waals surface area (Å²) in [5.41, 5.74) is 1.11. The first-order valence-corrected chi connectivity index (χ1v) is 5.71. The number of hydrogen-bond donors (Lipinski definition) is 0. The molecule has 2 atom stereocenters. The molecular formula is C12H17N3O. The van der Waals surface area contributed by atoms with Gasteiger partial charge in [-0.05, 0) is 13.8 Å². The molecule has 16 heavy (non-hydrogen) atoms. The molecular weight excluding hydrogens is 202 g/mol. The van der Waals surface area contributed by atoms with Gasteiger partial charge in [0.25, 0.3) is 0 Å². The maximum absolute atomic E-state index is 11.3. The molecule has 0 bridgehead atoms. The molecule has 1 aliphatic heterocycles. The molecule has 1 aromatic rings. The van der Waals surface area contributed by atoms with E-state index in [4.69, 9.17) is 0 Å². The molecule has 1 fully saturated rings. The second-order valence-electron chi connectivity index (χ2n) is 4.43. The number of rotatable bonds is 2. The third kappa shape index (κ3) is 2.27. The first kappa shape index (κ1) is 11.2. The number of piperidine rings is 1. The number of likely N-dealkylation sites (tertiary alicyclic amines) is 1. The van der Waals surface area contributed by atoms with E-state index < -0.39 is 0 Å². The molecule has 0 radical (unpaired) electrons. The van der Waals surface area contributed by atoms with Gasteiger partial charge >= 0.3 is 0 Å². The van der Waals surface area contributed by atoms with Crippen molar-refractivity contribution < 1.29 is 4.79 Å². The number of carbonyl (C=O) groups is 1. The van der Waals surface area contributed by atoms with Crippen LogP contribution in [0.2, 0.25) is 0 Å². The van der Waals surface area contributed by atoms with Gasteiger partial charge in [0.2, 0.25) is 0 Å². The molecule has 0 saturated carbocycles. The molecule has 1 saturated heterocycles. The Morgan fingerprint density at radius 2 is 2.12 bits per heavy atom. The van der Waals surface area contributed by atoms with Crippen molar-refractivity contribution in [3.8, 4) is 0 Å². The third-order valence-electron chi connectivity index (χ3n) is 3.30. The summed E-state index contributed by atoms with van der Waals surface area (Å²) in [4.78, 5) is 21.7. The minimum absolute atomic E-state index is 0.282. The van der Waals surface area contributed by atoms with Crippen LogP contribution in [0.3, 0.4) is 0 Å². The Labute approximate surface area is 95.7 Å². The van der Waals surface area contributed by atoms with E-state index in [0.717, 1.165) is 12.1 Å². The quantitative estimate of drug-likeness (QED) is 0.757. The highest BCUT2D eigenvalue weighted by Gasteiger charge is 2.27. The standard InChI is InChI=1S/C12H17N3O/c1-9-5-12(16)3-4-15(9)10(2)11-6-13-8-14-7-11/h6-10H,3-5H2,1-2H3. The van der Waals surface area contributed by atoms with Crippen LogP contribution in [0.15, 0.2) is 18.7 Å². The molecule has 4 nitrogen and oxygen atoms in total. The molecule has 2 heterocycles. The zero-order chi connectivity index (χ0) is 11.5. The van der Waals surface area contributed by atoms with Crippen LogP contribution < -0.4 is 0 Å². The van der Waals surface area contributed by atoms with Gasteiger partial charge in [-0.3, -0.25) is 9.69 Å². The van der Waals surface area contributed by atoms with Crippen molar-refractivity contribution in [2.45, 2.75) is 38.8 Å². The highest BCUT2D eigenvalue weighted by molar-refractivity contribution is 5.79. The molecule has 1 aliphatic rings. The third-order valence-corrected chi connectivity index (χ3v) is 3.30. The number of ketones is 1. The normalized spacial score (nSPS) is 24.4. The van der Waals surface area contributed by atoms with Gasteiger partial charge < -0.3 is 0 Å². The maximum atomic E-state index is 11.3. The van der Waals surface area contributed by atoms with Gasteiger partial charge in [0.1, 0.15) is 12.1 Å². The van der Waals surface area contributed by atoms with E-state index in [0.29, 0.717) is 24.7 Å². The van der Waals surface area contributed by atoms with E-state index in [1.165, 1.54) is 0 Å². The summed E-state index contributed by atoms with van der Waals surface area (Å²) in [6.45, 7) is 5.10. The molecule has 2 unspecified atom stereocenters. The van der Waals surface area contributed by atoms with Crippen molar-refractivity contribution in [2.24, 2.45) is 0 Å². The van der Waals surface area contributed by atoms with Crippen molar-refractivity contribution >= 4 is 5.78 Å². The Balaban J connectivity index is 2.10. The topological polar surface area (TPSA) is 46.1 Å². The van der Waals surface area contributed by atoms with Gasteiger partial charge in [-0.15, -0.1) is 0 Å². The fraction of sp³-hybridized carbons (Fsp3) is 0.583. The van der Waals surface area contributed by atoms with Crippen molar-refractivity contribution in [1.29, 1.82) is 0 Å². The smallest absolute Gasteiger partial charge is 0.135 e. The molecule has 2 rings (SSSR count). The van der Waals surface area contributed by atoms with Crippen LogP contribution in [0, 0.1) is 0 Å². The summed E-state index contributed by atoms with van der Waals surface area (Å²) in [6.07, 6.45) is 6.57. The minimum Gasteiger partial charge on any atom is -0.300 e. The van der Waals surface area contributed by atoms with Crippen molar-refractivity contribution in [1.82, 2.24) is 14.9 Å². The van der Waals surface area contributed by atoms with Gasteiger partial charge in [0.05, 0.1) is 0 Å². The first-order valence-electron chi connectivity index (χ1n) is 5.71. The summed E-state index contributed by atoms with van der Waals surface area (Å²) in [5, 5.41) is 0. The van der Waals surface area contributed by atoms with E-state index in [1.807, 2.05) is 12.4 Å². The van der Waals surface area contributed by atoms with E-state index in [-0.39, 0.29) is 6.04 Å². The second kappa shape index (κ2) is 4.70. The zero-order valence-corrected chi connectivity index (χ0v) is 9.76. The van der Waals surface area contributed by atoms with Crippen molar-refractivity contribution in [3.63, 3.8) is 0 Å². The summed E-state index contributed by atoms with van der Waals surface area (Å²) in [5.74, 6) is 0.375. The number of Topliss-reactive ketones (excluding diaryl/α,β-unsaturated/α-hetero) is 1. The van der Waals surface area contributed by atoms with Crippen LogP contribution in [0.1, 0.15) is 38.3 Å². The molecule has 0 amide bonds. The van der Waals surface area contributed by atoms with Crippen LogP contribution >= 0.6 is 0 Å². The minimum atomic E-state index is 0.282. The molecule has 0 aliphatic carbocycles. The second-order valence-corrected chi connectivity index (χ2v) is 4.43. The lowest BCUT2D eigenvalue weighted by atomic mass is 9.98. The highest BCUT2D eigenvalue weighted by Crippen LogP contribution is 2.25. The zero-order valence-electron chi connectivity index (χ0n) is 9.76. The monoisotopic (exact) mass is 219 g/mol. The molecule has 4 heteroatoms. The van der Waals surface area contributed by atoms with Crippen LogP contribution in [0.25, 0.3) is 0 Å². The molecule has 0 N–H and O–H groups in total. The molecule has 1 aromatic heterocycles. The number of carbonyl (C=O) groups excluding carboxylic acids is 1. The predicted octanol–water partition coefficient (Wildman–Crippen LogP) is 1.59. The van der Waals surface area contributed by atoms with Gasteiger partial charge in [-0.2, -0.15) is 0 Å². The largest absolute Gasteiger partial charge is 0.300 e. The summed E-state index contributed by atoms with van der Waals surface area (Å²) < 4.78 is 0. The lowest BCUT2D eigenvalue weighted by Crippen LogP contribution is -2.42. The van der Waals surface area contributed by atoms with Gasteiger partial charge in [-0.1, -0.05) is 0 Å². The van der Waals surface area contributed by atoms with Crippen LogP contribution in [0.4, 0.5) is 0 Å². The highest BCUT2D eigenvalue weighted by atomic mass is 16.1. The van der Waals surface area contributed by atoms with E-state index >= 15 is 0 Å². The van der Waals surface area contributed by atoms with E-state index in [9.17, 15) is 4.79 Å². The van der Waals surface area contributed by atoms with Crippen molar-refractivity contribution in [3.05, 3.63) is 24.3 Å². The Morgan fingerprint density at radius 1 is 1.44 bits per heavy atom. The summed E-state index contributed by atoms with van der Waals surface area (Å²) in [6, 6.07) is 0.598. The summed E-state index contributed by atoms with van der Waals surface area (Å²) in [7, 11) is 0. The average molecular weight is 219 g/mol. The molecule has 0 spiro atoms. The van der Waals surface area contributed by atoms with Crippen LogP contribution in [-0.4, -0.2) is 33.2 Å². The Kier molecular flexibility index (Phi) is 3.29. The van der Waals surface area contributed by atoms with E-state index in [2.05, 4.69) is 28.7 Å². The first-order chi connectivity index (χ1) is 7.68. The fourth-order valence-corrected chi connectivity index (χ4v) is 2.32. The van der Waals surface area contributed by atoms with Gasteiger partial charge in [-0.25, -0.2) is 9.97 Å². The Morgan fingerprint density at radius 3 is 2.75 bits per heavy atom. The average Bonchev–Trinajstić information content (AvgIpc) is 2.29. The van der Waals surface area contributed by atoms with Gasteiger partial charge in [0, 0.05) is 49.4 Å². The lowest BCUT2D eigenvalue weighted by Gasteiger charge is -2.37. The molecule has 0 aromatic carbocycles.